The number of H-pyrrole nitrogens is 1. The van der Waals surface area contributed by atoms with Crippen LogP contribution in [-0.2, 0) is 5.41 Å². The van der Waals surface area contributed by atoms with E-state index in [1.165, 1.54) is 0 Å². The number of aromatic amines is 1. The maximum Gasteiger partial charge on any atom is 0.345 e. The third kappa shape index (κ3) is 3.79. The number of nitrogens with zero attached hydrogens (tertiary/aromatic N) is 1. The molecule has 0 spiro atoms. The second-order valence-electron chi connectivity index (χ2n) is 6.87. The number of amides is 1. The smallest absolute Gasteiger partial charge is 0.321 e. The van der Waals surface area contributed by atoms with Crippen LogP contribution >= 0.6 is 15.9 Å². The first kappa shape index (κ1) is 17.4. The molecule has 0 aliphatic rings. The van der Waals surface area contributed by atoms with Crippen LogP contribution < -0.4 is 11.0 Å². The Kier molecular flexibility index (Phi) is 4.47. The molecule has 0 bridgehead atoms. The molecule has 0 aliphatic heterocycles. The van der Waals surface area contributed by atoms with Gasteiger partial charge in [-0.15, -0.1) is 0 Å². The molecule has 0 saturated carbocycles. The Morgan fingerprint density at radius 2 is 1.92 bits per heavy atom. The third-order valence-electron chi connectivity index (χ3n) is 3.87. The number of halogens is 1. The molecule has 0 atom stereocenters. The van der Waals surface area contributed by atoms with Crippen molar-refractivity contribution in [3.8, 4) is 0 Å². The molecule has 0 unspecified atom stereocenters. The number of aromatic nitrogens is 2. The fourth-order valence-electron chi connectivity index (χ4n) is 2.50. The Labute approximate surface area is 153 Å². The van der Waals surface area contributed by atoms with Crippen LogP contribution in [0.15, 0.2) is 51.7 Å². The van der Waals surface area contributed by atoms with Crippen molar-refractivity contribution in [3.63, 3.8) is 0 Å². The summed E-state index contributed by atoms with van der Waals surface area (Å²) in [7, 11) is 0. The van der Waals surface area contributed by atoms with Crippen LogP contribution in [0.25, 0.3) is 10.8 Å². The number of anilines is 1. The summed E-state index contributed by atoms with van der Waals surface area (Å²) in [6, 6.07) is 13.1. The number of hydrogen-bond acceptors (Lipinski definition) is 3. The first-order chi connectivity index (χ1) is 11.7. The monoisotopic (exact) mass is 399 g/mol. The minimum atomic E-state index is -0.528. The molecule has 5 nitrogen and oxygen atoms in total. The minimum absolute atomic E-state index is 0.100. The van der Waals surface area contributed by atoms with Crippen molar-refractivity contribution in [1.29, 1.82) is 0 Å². The fourth-order valence-corrected chi connectivity index (χ4v) is 3.01. The summed E-state index contributed by atoms with van der Waals surface area (Å²) in [6.07, 6.45) is 0. The van der Waals surface area contributed by atoms with Crippen LogP contribution in [0.3, 0.4) is 0 Å². The van der Waals surface area contributed by atoms with E-state index in [-0.39, 0.29) is 11.1 Å². The zero-order valence-corrected chi connectivity index (χ0v) is 15.8. The molecule has 1 aromatic heterocycles. The van der Waals surface area contributed by atoms with Gasteiger partial charge in [-0.1, -0.05) is 54.9 Å². The van der Waals surface area contributed by atoms with Crippen molar-refractivity contribution < 1.29 is 4.79 Å². The van der Waals surface area contributed by atoms with Crippen LogP contribution in [-0.4, -0.2) is 15.9 Å². The number of carbonyl (C=O) groups excluding carboxylic acids is 1. The Balaban J connectivity index is 1.92. The molecule has 128 valence electrons. The van der Waals surface area contributed by atoms with Crippen LogP contribution in [0.1, 0.15) is 37.0 Å². The average molecular weight is 400 g/mol. The van der Waals surface area contributed by atoms with Crippen molar-refractivity contribution >= 4 is 38.3 Å². The van der Waals surface area contributed by atoms with Gasteiger partial charge in [0.25, 0.3) is 5.91 Å². The van der Waals surface area contributed by atoms with Gasteiger partial charge < -0.3 is 10.3 Å². The number of nitrogens with one attached hydrogen (secondary N) is 2. The lowest BCUT2D eigenvalue weighted by Crippen LogP contribution is -2.26. The van der Waals surface area contributed by atoms with Gasteiger partial charge in [-0.25, -0.2) is 4.79 Å². The molecule has 0 radical (unpaired) electrons. The first-order valence-corrected chi connectivity index (χ1v) is 8.65. The van der Waals surface area contributed by atoms with E-state index >= 15 is 0 Å². The van der Waals surface area contributed by atoms with Gasteiger partial charge in [0.1, 0.15) is 5.69 Å². The largest absolute Gasteiger partial charge is 0.345 e. The second-order valence-corrected chi connectivity index (χ2v) is 7.72. The Morgan fingerprint density at radius 3 is 2.64 bits per heavy atom. The molecule has 3 aromatic rings. The fraction of sp³-hybridized carbons (Fsp3) is 0.211. The van der Waals surface area contributed by atoms with E-state index in [0.29, 0.717) is 11.4 Å². The van der Waals surface area contributed by atoms with Gasteiger partial charge in [-0.3, -0.25) is 4.79 Å². The molecule has 0 saturated heterocycles. The van der Waals surface area contributed by atoms with E-state index in [1.54, 1.807) is 6.07 Å². The van der Waals surface area contributed by atoms with Gasteiger partial charge >= 0.3 is 5.69 Å². The maximum atomic E-state index is 12.5. The molecule has 2 aromatic carbocycles. The normalized spacial score (nSPS) is 11.5. The van der Waals surface area contributed by atoms with Gasteiger partial charge in [0.05, 0.1) is 0 Å². The quantitative estimate of drug-likeness (QED) is 0.676. The predicted molar refractivity (Wildman–Crippen MR) is 103 cm³/mol. The highest BCUT2D eigenvalue weighted by Gasteiger charge is 2.19. The summed E-state index contributed by atoms with van der Waals surface area (Å²) in [4.78, 5) is 30.8. The lowest BCUT2D eigenvalue weighted by molar-refractivity contribution is 0.102. The van der Waals surface area contributed by atoms with Crippen molar-refractivity contribution in [2.45, 2.75) is 26.2 Å². The van der Waals surface area contributed by atoms with Crippen molar-refractivity contribution in [1.82, 2.24) is 9.97 Å². The highest BCUT2D eigenvalue weighted by atomic mass is 79.9. The van der Waals surface area contributed by atoms with Gasteiger partial charge in [-0.05, 0) is 35.0 Å². The van der Waals surface area contributed by atoms with E-state index < -0.39 is 11.6 Å². The summed E-state index contributed by atoms with van der Waals surface area (Å²) < 4.78 is 0.994. The highest BCUT2D eigenvalue weighted by Crippen LogP contribution is 2.26. The van der Waals surface area contributed by atoms with Crippen LogP contribution in [0.5, 0.6) is 0 Å². The molecule has 2 N–H and O–H groups in total. The van der Waals surface area contributed by atoms with E-state index in [9.17, 15) is 9.59 Å². The third-order valence-corrected chi connectivity index (χ3v) is 4.56. The first-order valence-electron chi connectivity index (χ1n) is 7.85. The summed E-state index contributed by atoms with van der Waals surface area (Å²) in [6.45, 7) is 5.88. The number of benzene rings is 2. The Morgan fingerprint density at radius 1 is 1.16 bits per heavy atom. The van der Waals surface area contributed by atoms with E-state index in [1.807, 2.05) is 57.2 Å². The highest BCUT2D eigenvalue weighted by molar-refractivity contribution is 9.10. The number of carbonyl (C=O) groups is 1. The summed E-state index contributed by atoms with van der Waals surface area (Å²) in [5, 5.41) is 4.87. The predicted octanol–water partition coefficient (Wildman–Crippen LogP) is 4.24. The van der Waals surface area contributed by atoms with Crippen LogP contribution in [0.2, 0.25) is 0 Å². The molecule has 3 rings (SSSR count). The molecule has 1 amide bonds. The summed E-state index contributed by atoms with van der Waals surface area (Å²) >= 11 is 3.51. The number of rotatable bonds is 2. The Hall–Kier alpha value is -2.47. The Bertz CT molecular complexity index is 1020. The van der Waals surface area contributed by atoms with Gasteiger partial charge in [0, 0.05) is 21.3 Å². The molecule has 1 heterocycles. The topological polar surface area (TPSA) is 74.8 Å². The van der Waals surface area contributed by atoms with Crippen LogP contribution in [0.4, 0.5) is 5.69 Å². The lowest BCUT2D eigenvalue weighted by Gasteiger charge is -2.18. The zero-order valence-electron chi connectivity index (χ0n) is 14.2. The minimum Gasteiger partial charge on any atom is -0.321 e. The van der Waals surface area contributed by atoms with Crippen LogP contribution in [0, 0.1) is 0 Å². The molecule has 0 fully saturated rings. The SMILES string of the molecule is CC(C)(C)c1cc(C(=O)Nc2ccc3c(Br)cccc3c2)nc(=O)[nH]1. The standard InChI is InChI=1S/C19H18BrN3O2/c1-19(2,3)16-10-15(22-18(25)23-16)17(24)21-12-7-8-13-11(9-12)5-4-6-14(13)20/h4-10H,1-3H3,(H,21,24)(H,22,23,25). The second kappa shape index (κ2) is 6.44. The molecule has 25 heavy (non-hydrogen) atoms. The zero-order chi connectivity index (χ0) is 18.2. The molecular weight excluding hydrogens is 382 g/mol. The summed E-state index contributed by atoms with van der Waals surface area (Å²) in [5.41, 5.74) is 0.602. The van der Waals surface area contributed by atoms with Crippen molar-refractivity contribution in [3.05, 3.63) is 68.8 Å². The van der Waals surface area contributed by atoms with Gasteiger partial charge in [0.2, 0.25) is 0 Å². The average Bonchev–Trinajstić information content (AvgIpc) is 2.53. The van der Waals surface area contributed by atoms with Crippen molar-refractivity contribution in [2.24, 2.45) is 0 Å². The van der Waals surface area contributed by atoms with Crippen molar-refractivity contribution in [2.75, 3.05) is 5.32 Å². The molecular formula is C19H18BrN3O2. The number of fused-ring (bicyclic) bond motifs is 1. The molecule has 0 aliphatic carbocycles. The lowest BCUT2D eigenvalue weighted by atomic mass is 9.91. The number of hydrogen-bond donors (Lipinski definition) is 2. The maximum absolute atomic E-state index is 12.5. The van der Waals surface area contributed by atoms with E-state index in [2.05, 4.69) is 31.2 Å². The van der Waals surface area contributed by atoms with E-state index in [0.717, 1.165) is 15.2 Å². The van der Waals surface area contributed by atoms with Gasteiger partial charge in [-0.2, -0.15) is 4.98 Å². The van der Waals surface area contributed by atoms with E-state index in [4.69, 9.17) is 0 Å². The molecule has 6 heteroatoms. The summed E-state index contributed by atoms with van der Waals surface area (Å²) in [5.74, 6) is -0.411. The van der Waals surface area contributed by atoms with Gasteiger partial charge in [0.15, 0.2) is 0 Å².